The van der Waals surface area contributed by atoms with E-state index in [1.54, 1.807) is 6.92 Å². The number of aromatic nitrogens is 1. The number of carboxylic acids is 1. The number of halogens is 1. The topological polar surface area (TPSA) is 70.2 Å². The molecule has 0 aliphatic carbocycles. The van der Waals surface area contributed by atoms with Crippen LogP contribution in [0.25, 0.3) is 0 Å². The average Bonchev–Trinajstić information content (AvgIpc) is 2.26. The van der Waals surface area contributed by atoms with Crippen LogP contribution in [0.15, 0.2) is 4.60 Å². The van der Waals surface area contributed by atoms with Crippen LogP contribution < -0.4 is 0 Å². The molecule has 70 valence electrons. The molecule has 13 heavy (non-hydrogen) atoms. The highest BCUT2D eigenvalue weighted by Gasteiger charge is 2.19. The van der Waals surface area contributed by atoms with Gasteiger partial charge in [-0.1, -0.05) is 0 Å². The fourth-order valence-corrected chi connectivity index (χ4v) is 1.96. The Kier molecular flexibility index (Phi) is 2.56. The Balaban J connectivity index is 3.39. The molecular weight excluding hydrogens is 238 g/mol. The van der Waals surface area contributed by atoms with Crippen LogP contribution in [0.5, 0.6) is 0 Å². The SMILES string of the molecule is CC(=O)c1c(Br)[nH]c(C(=O)O)c1C. The molecule has 0 bridgehead atoms. The largest absolute Gasteiger partial charge is 0.477 e. The molecule has 0 spiro atoms. The maximum atomic E-state index is 11.1. The molecule has 1 heterocycles. The molecule has 1 rings (SSSR count). The van der Waals surface area contributed by atoms with Crippen LogP contribution in [0.4, 0.5) is 0 Å². The van der Waals surface area contributed by atoms with Gasteiger partial charge >= 0.3 is 5.97 Å². The van der Waals surface area contributed by atoms with Crippen LogP contribution in [0, 0.1) is 6.92 Å². The minimum Gasteiger partial charge on any atom is -0.477 e. The number of nitrogens with one attached hydrogen (secondary N) is 1. The second-order valence-corrected chi connectivity index (χ2v) is 3.47. The van der Waals surface area contributed by atoms with Crippen LogP contribution in [0.1, 0.15) is 33.3 Å². The summed E-state index contributed by atoms with van der Waals surface area (Å²) in [7, 11) is 0. The van der Waals surface area contributed by atoms with Gasteiger partial charge in [-0.25, -0.2) is 4.79 Å². The van der Waals surface area contributed by atoms with Crippen LogP contribution in [-0.4, -0.2) is 21.8 Å². The molecule has 1 aromatic rings. The van der Waals surface area contributed by atoms with E-state index in [1.165, 1.54) is 6.92 Å². The Hall–Kier alpha value is -1.10. The molecule has 0 fully saturated rings. The zero-order chi connectivity index (χ0) is 10.2. The smallest absolute Gasteiger partial charge is 0.352 e. The molecule has 0 aliphatic rings. The summed E-state index contributed by atoms with van der Waals surface area (Å²) in [6, 6.07) is 0. The van der Waals surface area contributed by atoms with Crippen molar-refractivity contribution in [1.82, 2.24) is 4.98 Å². The van der Waals surface area contributed by atoms with Crippen molar-refractivity contribution in [3.63, 3.8) is 0 Å². The third kappa shape index (κ3) is 1.65. The first kappa shape index (κ1) is 9.98. The zero-order valence-corrected chi connectivity index (χ0v) is 8.73. The third-order valence-corrected chi connectivity index (χ3v) is 2.36. The Morgan fingerprint density at radius 2 is 2.00 bits per heavy atom. The van der Waals surface area contributed by atoms with Gasteiger partial charge in [-0.05, 0) is 35.3 Å². The number of aromatic carboxylic acids is 1. The van der Waals surface area contributed by atoms with Crippen molar-refractivity contribution in [2.45, 2.75) is 13.8 Å². The summed E-state index contributed by atoms with van der Waals surface area (Å²) >= 11 is 3.10. The Bertz CT molecular complexity index is 381. The molecular formula is C8H8BrNO3. The fourth-order valence-electron chi connectivity index (χ4n) is 1.19. The summed E-state index contributed by atoms with van der Waals surface area (Å²) in [6.07, 6.45) is 0. The first-order chi connectivity index (χ1) is 5.95. The number of aromatic amines is 1. The summed E-state index contributed by atoms with van der Waals surface area (Å²) < 4.78 is 0.426. The molecule has 4 nitrogen and oxygen atoms in total. The minimum absolute atomic E-state index is 0.0528. The third-order valence-electron chi connectivity index (χ3n) is 1.77. The van der Waals surface area contributed by atoms with E-state index in [0.717, 1.165) is 0 Å². The second-order valence-electron chi connectivity index (χ2n) is 2.68. The molecule has 0 atom stereocenters. The lowest BCUT2D eigenvalue weighted by atomic mass is 10.1. The van der Waals surface area contributed by atoms with Crippen LogP contribution in [0.2, 0.25) is 0 Å². The molecule has 0 amide bonds. The van der Waals surface area contributed by atoms with E-state index in [2.05, 4.69) is 20.9 Å². The quantitative estimate of drug-likeness (QED) is 0.784. The number of Topliss-reactive ketones (excluding diaryl/α,β-unsaturated/α-hetero) is 1. The van der Waals surface area contributed by atoms with Gasteiger partial charge in [-0.3, -0.25) is 4.79 Å². The van der Waals surface area contributed by atoms with Gasteiger partial charge in [-0.15, -0.1) is 0 Å². The minimum atomic E-state index is -1.06. The van der Waals surface area contributed by atoms with Gasteiger partial charge in [0.25, 0.3) is 0 Å². The first-order valence-corrected chi connectivity index (χ1v) is 4.36. The number of carbonyl (C=O) groups excluding carboxylic acids is 1. The molecule has 2 N–H and O–H groups in total. The van der Waals surface area contributed by atoms with Gasteiger partial charge in [0.2, 0.25) is 0 Å². The first-order valence-electron chi connectivity index (χ1n) is 3.57. The second kappa shape index (κ2) is 3.33. The predicted octanol–water partition coefficient (Wildman–Crippen LogP) is 1.99. The van der Waals surface area contributed by atoms with Gasteiger partial charge in [0.15, 0.2) is 5.78 Å². The number of carbonyl (C=O) groups is 2. The van der Waals surface area contributed by atoms with Crippen LogP contribution >= 0.6 is 15.9 Å². The standard InChI is InChI=1S/C8H8BrNO3/c1-3-5(4(2)11)7(9)10-6(3)8(12)13/h10H,1-2H3,(H,12,13). The van der Waals surface area contributed by atoms with Crippen LogP contribution in [-0.2, 0) is 0 Å². The number of H-pyrrole nitrogens is 1. The molecule has 0 radical (unpaired) electrons. The van der Waals surface area contributed by atoms with E-state index in [1.807, 2.05) is 0 Å². The number of rotatable bonds is 2. The maximum Gasteiger partial charge on any atom is 0.352 e. The van der Waals surface area contributed by atoms with E-state index in [4.69, 9.17) is 5.11 Å². The average molecular weight is 246 g/mol. The molecule has 0 aromatic carbocycles. The van der Waals surface area contributed by atoms with Gasteiger partial charge in [0.05, 0.1) is 10.2 Å². The Morgan fingerprint density at radius 1 is 1.46 bits per heavy atom. The molecule has 0 saturated heterocycles. The summed E-state index contributed by atoms with van der Waals surface area (Å²) in [6.45, 7) is 2.99. The van der Waals surface area contributed by atoms with Crippen molar-refractivity contribution < 1.29 is 14.7 Å². The van der Waals surface area contributed by atoms with Gasteiger partial charge < -0.3 is 10.1 Å². The number of carboxylic acid groups (broad SMARTS) is 1. The van der Waals surface area contributed by atoms with E-state index in [0.29, 0.717) is 15.7 Å². The lowest BCUT2D eigenvalue weighted by Crippen LogP contribution is -2.00. The van der Waals surface area contributed by atoms with Gasteiger partial charge in [-0.2, -0.15) is 0 Å². The van der Waals surface area contributed by atoms with Crippen molar-refractivity contribution in [1.29, 1.82) is 0 Å². The number of hydrogen-bond acceptors (Lipinski definition) is 2. The van der Waals surface area contributed by atoms with Crippen LogP contribution in [0.3, 0.4) is 0 Å². The van der Waals surface area contributed by atoms with Crippen molar-refractivity contribution in [2.24, 2.45) is 0 Å². The molecule has 0 saturated carbocycles. The van der Waals surface area contributed by atoms with E-state index in [9.17, 15) is 9.59 Å². The molecule has 0 aliphatic heterocycles. The van der Waals surface area contributed by atoms with Crippen molar-refractivity contribution in [3.05, 3.63) is 21.4 Å². The number of hydrogen-bond donors (Lipinski definition) is 2. The van der Waals surface area contributed by atoms with Crippen molar-refractivity contribution >= 4 is 27.7 Å². The normalized spacial score (nSPS) is 10.1. The Labute approximate surface area is 83.1 Å². The summed E-state index contributed by atoms with van der Waals surface area (Å²) in [4.78, 5) is 24.3. The van der Waals surface area contributed by atoms with Crippen molar-refractivity contribution in [3.8, 4) is 0 Å². The van der Waals surface area contributed by atoms with Crippen molar-refractivity contribution in [2.75, 3.05) is 0 Å². The number of ketones is 1. The predicted molar refractivity (Wildman–Crippen MR) is 50.2 cm³/mol. The summed E-state index contributed by atoms with van der Waals surface area (Å²) in [5, 5.41) is 8.72. The lowest BCUT2D eigenvalue weighted by molar-refractivity contribution is 0.0690. The summed E-state index contributed by atoms with van der Waals surface area (Å²) in [5.74, 6) is -1.22. The maximum absolute atomic E-state index is 11.1. The Morgan fingerprint density at radius 3 is 2.23 bits per heavy atom. The van der Waals surface area contributed by atoms with Gasteiger partial charge in [0, 0.05) is 0 Å². The van der Waals surface area contributed by atoms with E-state index >= 15 is 0 Å². The zero-order valence-electron chi connectivity index (χ0n) is 7.14. The fraction of sp³-hybridized carbons (Fsp3) is 0.250. The molecule has 0 unspecified atom stereocenters. The molecule has 1 aromatic heterocycles. The summed E-state index contributed by atoms with van der Waals surface area (Å²) in [5.41, 5.74) is 0.918. The lowest BCUT2D eigenvalue weighted by Gasteiger charge is -1.93. The highest BCUT2D eigenvalue weighted by molar-refractivity contribution is 9.10. The van der Waals surface area contributed by atoms with E-state index in [-0.39, 0.29) is 11.5 Å². The highest BCUT2D eigenvalue weighted by atomic mass is 79.9. The van der Waals surface area contributed by atoms with Gasteiger partial charge in [0.1, 0.15) is 5.69 Å². The highest BCUT2D eigenvalue weighted by Crippen LogP contribution is 2.23. The van der Waals surface area contributed by atoms with E-state index < -0.39 is 5.97 Å². The monoisotopic (exact) mass is 245 g/mol. The molecule has 5 heteroatoms.